The maximum Gasteiger partial charge on any atom is 0.351 e. The van der Waals surface area contributed by atoms with E-state index in [1.807, 2.05) is 0 Å². The molecule has 208 valence electrons. The Balaban J connectivity index is 1.67. The van der Waals surface area contributed by atoms with Crippen LogP contribution < -0.4 is 16.3 Å². The molecule has 1 aromatic heterocycles. The van der Waals surface area contributed by atoms with Gasteiger partial charge in [0.2, 0.25) is 11.8 Å². The van der Waals surface area contributed by atoms with Gasteiger partial charge in [0.05, 0.1) is 13.2 Å². The molecular formula is C19H30N4O12P2. The highest BCUT2D eigenvalue weighted by molar-refractivity contribution is 7.70. The number of amides is 2. The Hall–Kier alpha value is -2.00. The van der Waals surface area contributed by atoms with Crippen LogP contribution in [0.25, 0.3) is 0 Å². The van der Waals surface area contributed by atoms with E-state index in [-0.39, 0.29) is 24.9 Å². The van der Waals surface area contributed by atoms with Crippen LogP contribution >= 0.6 is 15.2 Å². The van der Waals surface area contributed by atoms with E-state index in [1.54, 1.807) is 13.8 Å². The van der Waals surface area contributed by atoms with Gasteiger partial charge in [-0.2, -0.15) is 4.98 Å². The number of anilines is 1. The van der Waals surface area contributed by atoms with E-state index in [4.69, 9.17) is 23.3 Å². The van der Waals surface area contributed by atoms with E-state index in [0.29, 0.717) is 0 Å². The molecule has 37 heavy (non-hydrogen) atoms. The number of hydrogen-bond donors (Lipinski definition) is 4. The van der Waals surface area contributed by atoms with Gasteiger partial charge in [0, 0.05) is 26.6 Å². The highest BCUT2D eigenvalue weighted by atomic mass is 31.2. The normalized spacial score (nSPS) is 27.6. The van der Waals surface area contributed by atoms with Crippen LogP contribution in [-0.4, -0.2) is 80.9 Å². The van der Waals surface area contributed by atoms with Crippen LogP contribution in [0.15, 0.2) is 17.1 Å². The third-order valence-electron chi connectivity index (χ3n) is 5.10. The van der Waals surface area contributed by atoms with Crippen LogP contribution in [-0.2, 0) is 42.0 Å². The second kappa shape index (κ2) is 11.4. The number of rotatable bonds is 11. The molecule has 0 spiro atoms. The lowest BCUT2D eigenvalue weighted by Crippen LogP contribution is -2.35. The van der Waals surface area contributed by atoms with Gasteiger partial charge < -0.3 is 43.7 Å². The molecule has 0 saturated carbocycles. The first-order valence-electron chi connectivity index (χ1n) is 11.1. The van der Waals surface area contributed by atoms with Gasteiger partial charge >= 0.3 is 20.9 Å². The van der Waals surface area contributed by atoms with Crippen molar-refractivity contribution in [3.63, 3.8) is 0 Å². The Labute approximate surface area is 211 Å². The van der Waals surface area contributed by atoms with E-state index in [2.05, 4.69) is 15.6 Å². The Kier molecular flexibility index (Phi) is 9.10. The molecule has 2 saturated heterocycles. The van der Waals surface area contributed by atoms with E-state index < -0.39 is 69.6 Å². The fraction of sp³-hybridized carbons (Fsp3) is 0.684. The fourth-order valence-corrected chi connectivity index (χ4v) is 7.00. The molecule has 2 aliphatic heterocycles. The quantitative estimate of drug-likeness (QED) is 0.206. The number of ether oxygens (including phenoxy) is 3. The molecule has 2 amide bonds. The summed E-state index contributed by atoms with van der Waals surface area (Å²) >= 11 is 0. The highest BCUT2D eigenvalue weighted by Crippen LogP contribution is 2.58. The third kappa shape index (κ3) is 8.24. The maximum atomic E-state index is 12.6. The Bertz CT molecular complexity index is 1170. The smallest absolute Gasteiger partial charge is 0.351 e. The first kappa shape index (κ1) is 29.6. The number of nitrogens with one attached hydrogen (secondary N) is 2. The van der Waals surface area contributed by atoms with E-state index >= 15 is 0 Å². The fourth-order valence-electron chi connectivity index (χ4n) is 3.79. The molecule has 0 aromatic carbocycles. The summed E-state index contributed by atoms with van der Waals surface area (Å²) in [6.45, 7) is 4.84. The van der Waals surface area contributed by atoms with Crippen molar-refractivity contribution < 1.29 is 51.8 Å². The summed E-state index contributed by atoms with van der Waals surface area (Å²) in [5.74, 6) is -3.01. The lowest BCUT2D eigenvalue weighted by molar-refractivity contribution is -0.199. The molecule has 1 aromatic rings. The molecule has 0 radical (unpaired) electrons. The van der Waals surface area contributed by atoms with Gasteiger partial charge in [0.25, 0.3) is 0 Å². The second-order valence-electron chi connectivity index (χ2n) is 8.84. The first-order valence-corrected chi connectivity index (χ1v) is 14.7. The molecule has 3 unspecified atom stereocenters. The summed E-state index contributed by atoms with van der Waals surface area (Å²) in [5, 5.41) is 4.75. The zero-order valence-electron chi connectivity index (χ0n) is 20.6. The SMILES string of the molecule is CC(=O)NCCOP(=O)(O)CP(=O)(O)OC[C@H]1O[C@@H](n2ccc(NC(C)=O)nc2=O)C2OC(C)(C)O[C@H]21. The zero-order valence-corrected chi connectivity index (χ0v) is 22.3. The van der Waals surface area contributed by atoms with Crippen LogP contribution in [0.4, 0.5) is 5.82 Å². The number of hydrogen-bond acceptors (Lipinski definition) is 11. The van der Waals surface area contributed by atoms with Crippen molar-refractivity contribution in [1.82, 2.24) is 14.9 Å². The molecular weight excluding hydrogens is 538 g/mol. The van der Waals surface area contributed by atoms with E-state index in [9.17, 15) is 33.3 Å². The predicted octanol–water partition coefficient (Wildman–Crippen LogP) is 0.117. The largest absolute Gasteiger partial charge is 0.354 e. The zero-order chi connectivity index (χ0) is 27.6. The van der Waals surface area contributed by atoms with Crippen molar-refractivity contribution in [1.29, 1.82) is 0 Å². The summed E-state index contributed by atoms with van der Waals surface area (Å²) in [7, 11) is -9.18. The summed E-state index contributed by atoms with van der Waals surface area (Å²) in [6, 6.07) is 1.39. The topological polar surface area (TPSA) is 214 Å². The molecule has 3 heterocycles. The lowest BCUT2D eigenvalue weighted by Gasteiger charge is -2.25. The summed E-state index contributed by atoms with van der Waals surface area (Å²) in [4.78, 5) is 58.5. The highest BCUT2D eigenvalue weighted by Gasteiger charge is 2.56. The molecule has 2 aliphatic rings. The molecule has 0 bridgehead atoms. The Morgan fingerprint density at radius 2 is 1.78 bits per heavy atom. The van der Waals surface area contributed by atoms with Gasteiger partial charge in [-0.25, -0.2) is 4.79 Å². The summed E-state index contributed by atoms with van der Waals surface area (Å²) in [5.41, 5.74) is -0.754. The van der Waals surface area contributed by atoms with Crippen molar-refractivity contribution in [3.05, 3.63) is 22.7 Å². The van der Waals surface area contributed by atoms with Gasteiger partial charge in [-0.05, 0) is 19.9 Å². The Morgan fingerprint density at radius 1 is 1.14 bits per heavy atom. The minimum Gasteiger partial charge on any atom is -0.354 e. The summed E-state index contributed by atoms with van der Waals surface area (Å²) < 4.78 is 53.2. The third-order valence-corrected chi connectivity index (χ3v) is 9.10. The molecule has 16 nitrogen and oxygen atoms in total. The molecule has 2 fully saturated rings. The average Bonchev–Trinajstić information content (AvgIpc) is 3.22. The maximum absolute atomic E-state index is 12.6. The van der Waals surface area contributed by atoms with Crippen molar-refractivity contribution in [3.8, 4) is 0 Å². The molecule has 6 atom stereocenters. The minimum absolute atomic E-state index is 0.0426. The number of nitrogens with zero attached hydrogens (tertiary/aromatic N) is 2. The van der Waals surface area contributed by atoms with Crippen LogP contribution in [0.2, 0.25) is 0 Å². The van der Waals surface area contributed by atoms with E-state index in [1.165, 1.54) is 26.1 Å². The van der Waals surface area contributed by atoms with Crippen LogP contribution in [0.5, 0.6) is 0 Å². The predicted molar refractivity (Wildman–Crippen MR) is 126 cm³/mol. The standard InChI is InChI=1S/C19H30N4O12P2/c1-11(24)20-6-8-31-36(27,28)10-37(29,30)32-9-13-15-16(35-19(3,4)34-15)17(33-13)23-7-5-14(21-12(2)25)22-18(23)26/h5,7,13,15-17H,6,8-10H2,1-4H3,(H,20,24)(H,27,28)(H,29,30)(H,21,22,25,26)/t13-,15+,16?,17-/m1/s1. The van der Waals surface area contributed by atoms with Crippen LogP contribution in [0, 0.1) is 0 Å². The van der Waals surface area contributed by atoms with Crippen LogP contribution in [0.3, 0.4) is 0 Å². The van der Waals surface area contributed by atoms with Gasteiger partial charge in [0.15, 0.2) is 17.9 Å². The molecule has 3 rings (SSSR count). The van der Waals surface area contributed by atoms with Gasteiger partial charge in [-0.1, -0.05) is 0 Å². The second-order valence-corrected chi connectivity index (χ2v) is 13.0. The Morgan fingerprint density at radius 3 is 2.41 bits per heavy atom. The number of carbonyl (C=O) groups is 2. The molecule has 18 heteroatoms. The van der Waals surface area contributed by atoms with Gasteiger partial charge in [-0.15, -0.1) is 0 Å². The average molecular weight is 568 g/mol. The monoisotopic (exact) mass is 568 g/mol. The summed E-state index contributed by atoms with van der Waals surface area (Å²) in [6.07, 6.45) is -2.35. The molecule has 4 N–H and O–H groups in total. The number of carbonyl (C=O) groups excluding carboxylic acids is 2. The number of aromatic nitrogens is 2. The van der Waals surface area contributed by atoms with Crippen molar-refractivity contribution in [2.75, 3.05) is 31.0 Å². The lowest BCUT2D eigenvalue weighted by atomic mass is 10.1. The van der Waals surface area contributed by atoms with E-state index in [0.717, 1.165) is 4.57 Å². The van der Waals surface area contributed by atoms with Crippen molar-refractivity contribution in [2.24, 2.45) is 0 Å². The van der Waals surface area contributed by atoms with Gasteiger partial charge in [-0.3, -0.25) is 23.3 Å². The number of fused-ring (bicyclic) bond motifs is 1. The minimum atomic E-state index is -4.65. The van der Waals surface area contributed by atoms with Crippen LogP contribution in [0.1, 0.15) is 33.9 Å². The van der Waals surface area contributed by atoms with Crippen molar-refractivity contribution in [2.45, 2.75) is 58.0 Å². The van der Waals surface area contributed by atoms with Gasteiger partial charge in [0.1, 0.15) is 24.1 Å². The van der Waals surface area contributed by atoms with Crippen molar-refractivity contribution >= 4 is 32.8 Å². The molecule has 0 aliphatic carbocycles. The first-order chi connectivity index (χ1) is 17.1.